The molecule has 2 bridgehead atoms. The van der Waals surface area contributed by atoms with Gasteiger partial charge in [0.25, 0.3) is 0 Å². The zero-order valence-corrected chi connectivity index (χ0v) is 15.1. The number of aryl methyl sites for hydroxylation is 1. The first kappa shape index (κ1) is 15.0. The fraction of sp³-hybridized carbons (Fsp3) is 0.273. The summed E-state index contributed by atoms with van der Waals surface area (Å²) in [6.07, 6.45) is 7.21. The van der Waals surface area contributed by atoms with Crippen molar-refractivity contribution in [1.82, 2.24) is 24.5 Å². The summed E-state index contributed by atoms with van der Waals surface area (Å²) >= 11 is 0. The van der Waals surface area contributed by atoms with Crippen LogP contribution in [-0.4, -0.2) is 24.5 Å². The molecule has 0 radical (unpaired) electrons. The van der Waals surface area contributed by atoms with E-state index in [-0.39, 0.29) is 0 Å². The largest absolute Gasteiger partial charge is 0.324 e. The van der Waals surface area contributed by atoms with Crippen LogP contribution in [0, 0.1) is 6.92 Å². The Kier molecular flexibility index (Phi) is 3.04. The Hall–Kier alpha value is -3.08. The second kappa shape index (κ2) is 5.46. The van der Waals surface area contributed by atoms with Crippen molar-refractivity contribution in [3.8, 4) is 22.6 Å². The molecule has 0 unspecified atom stereocenters. The molecule has 4 heterocycles. The van der Waals surface area contributed by atoms with Gasteiger partial charge in [-0.3, -0.25) is 15.0 Å². The molecular weight excluding hydrogens is 334 g/mol. The molecule has 1 aromatic carbocycles. The van der Waals surface area contributed by atoms with Gasteiger partial charge in [-0.1, -0.05) is 12.1 Å². The SMILES string of the molecule is Cc1cccc(-c2nc3n(c2-c2ccc4nccnc4c2)[C@@H]2CC[C@H]3C2)n1. The molecule has 0 N–H and O–H groups in total. The number of aromatic nitrogens is 5. The van der Waals surface area contributed by atoms with Crippen LogP contribution in [0.1, 0.15) is 42.7 Å². The first-order valence-corrected chi connectivity index (χ1v) is 9.55. The van der Waals surface area contributed by atoms with Crippen molar-refractivity contribution in [2.24, 2.45) is 0 Å². The van der Waals surface area contributed by atoms with Crippen molar-refractivity contribution >= 4 is 11.0 Å². The molecule has 132 valence electrons. The van der Waals surface area contributed by atoms with E-state index in [0.717, 1.165) is 33.7 Å². The molecule has 1 aliphatic carbocycles. The minimum absolute atomic E-state index is 0.559. The van der Waals surface area contributed by atoms with Gasteiger partial charge in [-0.15, -0.1) is 0 Å². The summed E-state index contributed by atoms with van der Waals surface area (Å²) in [7, 11) is 0. The number of pyridine rings is 1. The van der Waals surface area contributed by atoms with Gasteiger partial charge in [-0.2, -0.15) is 0 Å². The van der Waals surface area contributed by atoms with Gasteiger partial charge in [-0.25, -0.2) is 4.98 Å². The molecule has 0 amide bonds. The lowest BCUT2D eigenvalue weighted by Crippen LogP contribution is -2.07. The van der Waals surface area contributed by atoms with Gasteiger partial charge < -0.3 is 4.57 Å². The molecular formula is C22H19N5. The van der Waals surface area contributed by atoms with Gasteiger partial charge >= 0.3 is 0 Å². The number of rotatable bonds is 2. The predicted molar refractivity (Wildman–Crippen MR) is 104 cm³/mol. The fourth-order valence-corrected chi connectivity index (χ4v) is 4.77. The monoisotopic (exact) mass is 353 g/mol. The second-order valence-corrected chi connectivity index (χ2v) is 7.63. The second-order valence-electron chi connectivity index (χ2n) is 7.63. The van der Waals surface area contributed by atoms with E-state index >= 15 is 0 Å². The highest BCUT2D eigenvalue weighted by Crippen LogP contribution is 2.52. The number of imidazole rings is 1. The lowest BCUT2D eigenvalue weighted by molar-refractivity contribution is 0.530. The third-order valence-electron chi connectivity index (χ3n) is 5.95. The van der Waals surface area contributed by atoms with Crippen LogP contribution in [0.15, 0.2) is 48.8 Å². The normalized spacial score (nSPS) is 20.3. The van der Waals surface area contributed by atoms with Crippen LogP contribution in [0.5, 0.6) is 0 Å². The van der Waals surface area contributed by atoms with Crippen LogP contribution in [0.3, 0.4) is 0 Å². The van der Waals surface area contributed by atoms with E-state index in [9.17, 15) is 0 Å². The van der Waals surface area contributed by atoms with Crippen LogP contribution >= 0.6 is 0 Å². The smallest absolute Gasteiger partial charge is 0.115 e. The van der Waals surface area contributed by atoms with E-state index < -0.39 is 0 Å². The van der Waals surface area contributed by atoms with Crippen LogP contribution < -0.4 is 0 Å². The lowest BCUT2D eigenvalue weighted by atomic mass is 10.1. The van der Waals surface area contributed by atoms with E-state index in [1.165, 1.54) is 30.8 Å². The summed E-state index contributed by atoms with van der Waals surface area (Å²) in [6.45, 7) is 2.03. The van der Waals surface area contributed by atoms with E-state index in [4.69, 9.17) is 9.97 Å². The van der Waals surface area contributed by atoms with Crippen molar-refractivity contribution in [1.29, 1.82) is 0 Å². The Labute approximate surface area is 157 Å². The Morgan fingerprint density at radius 3 is 2.74 bits per heavy atom. The molecule has 0 saturated heterocycles. The zero-order valence-electron chi connectivity index (χ0n) is 15.1. The molecule has 2 aliphatic rings. The molecule has 2 atom stereocenters. The Morgan fingerprint density at radius 1 is 0.963 bits per heavy atom. The molecule has 1 aliphatic heterocycles. The third kappa shape index (κ3) is 2.17. The maximum absolute atomic E-state index is 5.11. The number of hydrogen-bond acceptors (Lipinski definition) is 4. The highest BCUT2D eigenvalue weighted by molar-refractivity contribution is 5.85. The summed E-state index contributed by atoms with van der Waals surface area (Å²) in [4.78, 5) is 18.8. The predicted octanol–water partition coefficient (Wildman–Crippen LogP) is 4.69. The molecule has 27 heavy (non-hydrogen) atoms. The summed E-state index contributed by atoms with van der Waals surface area (Å²) in [5.41, 5.74) is 7.12. The van der Waals surface area contributed by atoms with E-state index in [2.05, 4.69) is 44.9 Å². The van der Waals surface area contributed by atoms with Crippen molar-refractivity contribution in [3.63, 3.8) is 0 Å². The summed E-state index contributed by atoms with van der Waals surface area (Å²) in [5.74, 6) is 1.83. The average Bonchev–Trinajstić information content (AvgIpc) is 3.40. The maximum Gasteiger partial charge on any atom is 0.115 e. The van der Waals surface area contributed by atoms with Gasteiger partial charge in [0.05, 0.1) is 22.4 Å². The summed E-state index contributed by atoms with van der Waals surface area (Å²) in [5, 5.41) is 0. The van der Waals surface area contributed by atoms with Gasteiger partial charge in [0.15, 0.2) is 0 Å². The van der Waals surface area contributed by atoms with Crippen molar-refractivity contribution in [2.45, 2.75) is 38.1 Å². The molecule has 5 heteroatoms. The summed E-state index contributed by atoms with van der Waals surface area (Å²) in [6, 6.07) is 13.1. The first-order valence-electron chi connectivity index (χ1n) is 9.55. The van der Waals surface area contributed by atoms with Crippen LogP contribution in [0.4, 0.5) is 0 Å². The number of benzene rings is 1. The third-order valence-corrected chi connectivity index (χ3v) is 5.95. The maximum atomic E-state index is 5.11. The number of fused-ring (bicyclic) bond motifs is 6. The molecule has 0 spiro atoms. The fourth-order valence-electron chi connectivity index (χ4n) is 4.77. The standard InChI is InChI=1S/C22H19N5/c1-13-3-2-4-18(25-13)20-21(27-16-7-5-15(11-16)22(27)26-20)14-6-8-17-19(12-14)24-10-9-23-17/h2-4,6,8-10,12,15-16H,5,7,11H2,1H3/t15-,16+/m0/s1. The van der Waals surface area contributed by atoms with E-state index in [1.54, 1.807) is 12.4 Å². The Morgan fingerprint density at radius 2 is 1.85 bits per heavy atom. The molecule has 1 fully saturated rings. The number of nitrogens with zero attached hydrogens (tertiary/aromatic N) is 5. The average molecular weight is 353 g/mol. The van der Waals surface area contributed by atoms with Crippen LogP contribution in [0.25, 0.3) is 33.7 Å². The Bertz CT molecular complexity index is 1190. The van der Waals surface area contributed by atoms with Gasteiger partial charge in [0.2, 0.25) is 0 Å². The highest BCUT2D eigenvalue weighted by atomic mass is 15.2. The molecule has 6 rings (SSSR count). The van der Waals surface area contributed by atoms with Crippen molar-refractivity contribution in [3.05, 3.63) is 60.3 Å². The lowest BCUT2D eigenvalue weighted by Gasteiger charge is -2.17. The van der Waals surface area contributed by atoms with Crippen LogP contribution in [0.2, 0.25) is 0 Å². The van der Waals surface area contributed by atoms with Gasteiger partial charge in [0, 0.05) is 35.6 Å². The molecule has 1 saturated carbocycles. The van der Waals surface area contributed by atoms with Crippen molar-refractivity contribution < 1.29 is 0 Å². The highest BCUT2D eigenvalue weighted by Gasteiger charge is 2.41. The van der Waals surface area contributed by atoms with Gasteiger partial charge in [-0.05, 0) is 50.5 Å². The zero-order chi connectivity index (χ0) is 18.0. The minimum Gasteiger partial charge on any atom is -0.324 e. The Balaban J connectivity index is 1.63. The van der Waals surface area contributed by atoms with Crippen LogP contribution in [-0.2, 0) is 0 Å². The van der Waals surface area contributed by atoms with E-state index in [1.807, 2.05) is 13.0 Å². The minimum atomic E-state index is 0.559. The topological polar surface area (TPSA) is 56.5 Å². The van der Waals surface area contributed by atoms with E-state index in [0.29, 0.717) is 12.0 Å². The van der Waals surface area contributed by atoms with Crippen molar-refractivity contribution in [2.75, 3.05) is 0 Å². The molecule has 3 aromatic heterocycles. The summed E-state index contributed by atoms with van der Waals surface area (Å²) < 4.78 is 2.48. The molecule has 5 nitrogen and oxygen atoms in total. The number of hydrogen-bond donors (Lipinski definition) is 0. The van der Waals surface area contributed by atoms with Gasteiger partial charge in [0.1, 0.15) is 11.5 Å². The molecule has 4 aromatic rings. The first-order chi connectivity index (χ1) is 13.3. The quantitative estimate of drug-likeness (QED) is 0.525.